The van der Waals surface area contributed by atoms with Gasteiger partial charge in [0.15, 0.2) is 0 Å². The Balaban J connectivity index is 1.34. The summed E-state index contributed by atoms with van der Waals surface area (Å²) < 4.78 is 88.4. The molecule has 2 amide bonds. The van der Waals surface area contributed by atoms with E-state index in [9.17, 15) is 31.2 Å². The average Bonchev–Trinajstić information content (AvgIpc) is 3.77. The zero-order valence-electron chi connectivity index (χ0n) is 26.7. The van der Waals surface area contributed by atoms with Crippen molar-refractivity contribution in [1.82, 2.24) is 18.9 Å². The fraction of sp³-hybridized carbons (Fsp3) is 0.441. The molecule has 49 heavy (non-hydrogen) atoms. The Labute approximate surface area is 282 Å². The van der Waals surface area contributed by atoms with Crippen LogP contribution in [-0.4, -0.2) is 78.6 Å². The van der Waals surface area contributed by atoms with Crippen LogP contribution in [0.4, 0.5) is 23.2 Å². The second-order valence-electron chi connectivity index (χ2n) is 12.8. The van der Waals surface area contributed by atoms with Gasteiger partial charge in [0, 0.05) is 62.2 Å². The van der Waals surface area contributed by atoms with E-state index in [1.54, 1.807) is 0 Å². The fourth-order valence-electron chi connectivity index (χ4n) is 6.74. The highest BCUT2D eigenvalue weighted by molar-refractivity contribution is 7.86. The SMILES string of the molecule is N[C@H](C(=O)N(C(=O)C1CC1)c1cncc(F)c1CC[C@H]1CNCCN1S(=O)(=O)N1CCCC1)[C@@H](c1ccc(F)cc1)c1cc(F)cc(F)c1. The molecule has 1 aromatic heterocycles. The van der Waals surface area contributed by atoms with Crippen molar-refractivity contribution in [3.63, 3.8) is 0 Å². The number of anilines is 1. The largest absolute Gasteiger partial charge is 0.319 e. The van der Waals surface area contributed by atoms with E-state index in [1.165, 1.54) is 26.9 Å². The van der Waals surface area contributed by atoms with Crippen LogP contribution in [0.3, 0.4) is 0 Å². The topological polar surface area (TPSA) is 129 Å². The number of rotatable bonds is 11. The minimum absolute atomic E-state index is 0.0227. The number of aromatic nitrogens is 1. The summed E-state index contributed by atoms with van der Waals surface area (Å²) in [5, 5.41) is 3.20. The Morgan fingerprint density at radius 1 is 0.939 bits per heavy atom. The van der Waals surface area contributed by atoms with Crippen molar-refractivity contribution in [2.45, 2.75) is 56.5 Å². The van der Waals surface area contributed by atoms with E-state index in [0.29, 0.717) is 45.1 Å². The molecule has 0 bridgehead atoms. The zero-order chi connectivity index (χ0) is 34.9. The third-order valence-electron chi connectivity index (χ3n) is 9.42. The van der Waals surface area contributed by atoms with Crippen LogP contribution >= 0.6 is 0 Å². The fourth-order valence-corrected chi connectivity index (χ4v) is 8.64. The molecule has 3 fully saturated rings. The highest BCUT2D eigenvalue weighted by atomic mass is 32.2. The predicted octanol–water partition coefficient (Wildman–Crippen LogP) is 3.61. The summed E-state index contributed by atoms with van der Waals surface area (Å²) in [7, 11) is -3.76. The van der Waals surface area contributed by atoms with E-state index >= 15 is 4.39 Å². The van der Waals surface area contributed by atoms with Crippen LogP contribution in [0.15, 0.2) is 54.9 Å². The molecule has 0 unspecified atom stereocenters. The van der Waals surface area contributed by atoms with Gasteiger partial charge in [-0.05, 0) is 73.9 Å². The lowest BCUT2D eigenvalue weighted by Crippen LogP contribution is -2.57. The molecule has 2 aliphatic heterocycles. The maximum absolute atomic E-state index is 15.7. The van der Waals surface area contributed by atoms with E-state index in [2.05, 4.69) is 10.3 Å². The highest BCUT2D eigenvalue weighted by Gasteiger charge is 2.43. The molecular formula is C34H38F4N6O4S. The first-order valence-electron chi connectivity index (χ1n) is 16.4. The molecule has 3 aliphatic rings. The van der Waals surface area contributed by atoms with Gasteiger partial charge < -0.3 is 11.1 Å². The molecule has 10 nitrogen and oxygen atoms in total. The standard InChI is InChI=1S/C34H38F4N6O4S/c35-24-7-5-21(6-8-24)31(23-15-25(36)17-26(37)16-23)32(39)34(46)44(33(45)22-3-4-22)30-20-41-19-29(38)28(30)10-9-27-18-40-11-14-43(27)49(47,48)42-12-1-2-13-42/h5-8,15-17,19-20,22,27,31-32,40H,1-4,9-14,18,39H2/t27-,31-,32-/m0/s1. The number of imide groups is 1. The molecule has 1 aliphatic carbocycles. The number of hydrogen-bond donors (Lipinski definition) is 2. The minimum atomic E-state index is -3.76. The first-order valence-corrected chi connectivity index (χ1v) is 17.8. The van der Waals surface area contributed by atoms with E-state index in [4.69, 9.17) is 5.73 Å². The average molecular weight is 703 g/mol. The maximum atomic E-state index is 15.7. The van der Waals surface area contributed by atoms with Crippen LogP contribution in [0.5, 0.6) is 0 Å². The van der Waals surface area contributed by atoms with Gasteiger partial charge >= 0.3 is 0 Å². The summed E-state index contributed by atoms with van der Waals surface area (Å²) >= 11 is 0. The van der Waals surface area contributed by atoms with Gasteiger partial charge in [0.1, 0.15) is 23.3 Å². The van der Waals surface area contributed by atoms with Crippen molar-refractivity contribution in [3.05, 3.63) is 94.8 Å². The Hall–Kier alpha value is -3.76. The maximum Gasteiger partial charge on any atom is 0.282 e. The molecule has 3 N–H and O–H groups in total. The molecule has 2 aromatic carbocycles. The van der Waals surface area contributed by atoms with Gasteiger partial charge in [0.2, 0.25) is 5.91 Å². The number of halogens is 4. The van der Waals surface area contributed by atoms with E-state index < -0.39 is 69.2 Å². The van der Waals surface area contributed by atoms with Crippen molar-refractivity contribution in [2.75, 3.05) is 37.6 Å². The van der Waals surface area contributed by atoms with Gasteiger partial charge in [-0.1, -0.05) is 12.1 Å². The third kappa shape index (κ3) is 7.55. The van der Waals surface area contributed by atoms with Gasteiger partial charge in [-0.2, -0.15) is 17.0 Å². The van der Waals surface area contributed by atoms with Crippen LogP contribution in [0.25, 0.3) is 0 Å². The molecule has 3 atom stereocenters. The number of nitrogens with one attached hydrogen (secondary N) is 1. The number of hydrogen-bond acceptors (Lipinski definition) is 7. The second-order valence-corrected chi connectivity index (χ2v) is 14.7. The first kappa shape index (κ1) is 35.1. The van der Waals surface area contributed by atoms with E-state index in [0.717, 1.165) is 48.2 Å². The van der Waals surface area contributed by atoms with Crippen molar-refractivity contribution >= 4 is 27.7 Å². The van der Waals surface area contributed by atoms with Gasteiger partial charge in [0.05, 0.1) is 24.1 Å². The number of amides is 2. The monoisotopic (exact) mass is 702 g/mol. The van der Waals surface area contributed by atoms with Crippen LogP contribution in [-0.2, 0) is 26.2 Å². The molecule has 0 spiro atoms. The molecule has 6 rings (SSSR count). The van der Waals surface area contributed by atoms with E-state index in [-0.39, 0.29) is 41.8 Å². The summed E-state index contributed by atoms with van der Waals surface area (Å²) in [6, 6.07) is 5.40. The number of piperazine rings is 1. The normalized spacial score (nSPS) is 20.2. The van der Waals surface area contributed by atoms with Crippen molar-refractivity contribution in [2.24, 2.45) is 11.7 Å². The van der Waals surface area contributed by atoms with Crippen LogP contribution in [0.2, 0.25) is 0 Å². The third-order valence-corrected chi connectivity index (χ3v) is 11.5. The van der Waals surface area contributed by atoms with Crippen molar-refractivity contribution in [3.8, 4) is 0 Å². The van der Waals surface area contributed by atoms with Crippen LogP contribution in [0.1, 0.15) is 54.7 Å². The number of carbonyl (C=O) groups is 2. The summed E-state index contributed by atoms with van der Waals surface area (Å²) in [5.74, 6) is -6.61. The molecule has 3 heterocycles. The van der Waals surface area contributed by atoms with Gasteiger partial charge in [-0.3, -0.25) is 14.6 Å². The Bertz CT molecular complexity index is 1780. The lowest BCUT2D eigenvalue weighted by atomic mass is 9.84. The minimum Gasteiger partial charge on any atom is -0.319 e. The number of pyridine rings is 1. The van der Waals surface area contributed by atoms with Crippen molar-refractivity contribution < 1.29 is 35.6 Å². The molecule has 1 saturated carbocycles. The molecule has 2 saturated heterocycles. The summed E-state index contributed by atoms with van der Waals surface area (Å²) in [6.07, 6.45) is 4.80. The summed E-state index contributed by atoms with van der Waals surface area (Å²) in [5.41, 5.74) is 6.65. The molecule has 0 radical (unpaired) electrons. The zero-order valence-corrected chi connectivity index (χ0v) is 27.5. The molecule has 3 aromatic rings. The van der Waals surface area contributed by atoms with E-state index in [1.807, 2.05) is 0 Å². The predicted molar refractivity (Wildman–Crippen MR) is 173 cm³/mol. The summed E-state index contributed by atoms with van der Waals surface area (Å²) in [4.78, 5) is 33.0. The second kappa shape index (κ2) is 14.6. The van der Waals surface area contributed by atoms with Crippen LogP contribution < -0.4 is 16.0 Å². The number of nitrogens with two attached hydrogens (primary N) is 1. The number of carbonyl (C=O) groups excluding carboxylic acids is 2. The highest BCUT2D eigenvalue weighted by Crippen LogP contribution is 2.37. The van der Waals surface area contributed by atoms with Crippen molar-refractivity contribution in [1.29, 1.82) is 0 Å². The molecule has 262 valence electrons. The van der Waals surface area contributed by atoms with Gasteiger partial charge in [-0.25, -0.2) is 22.5 Å². The van der Waals surface area contributed by atoms with Gasteiger partial charge in [0.25, 0.3) is 16.1 Å². The first-order chi connectivity index (χ1) is 23.5. The summed E-state index contributed by atoms with van der Waals surface area (Å²) in [6.45, 7) is 1.89. The lowest BCUT2D eigenvalue weighted by molar-refractivity contribution is -0.128. The Morgan fingerprint density at radius 2 is 1.61 bits per heavy atom. The quantitative estimate of drug-likeness (QED) is 0.292. The Morgan fingerprint density at radius 3 is 2.27 bits per heavy atom. The van der Waals surface area contributed by atoms with Crippen LogP contribution in [0, 0.1) is 29.2 Å². The number of nitrogens with zero attached hydrogens (tertiary/aromatic N) is 4. The molecular weight excluding hydrogens is 664 g/mol. The molecule has 15 heteroatoms. The lowest BCUT2D eigenvalue weighted by Gasteiger charge is -2.37. The Kier molecular flexibility index (Phi) is 10.5. The smallest absolute Gasteiger partial charge is 0.282 e. The van der Waals surface area contributed by atoms with Gasteiger partial charge in [-0.15, -0.1) is 0 Å². The number of benzene rings is 2.